The molecule has 1 aromatic carbocycles. The molecule has 29 heavy (non-hydrogen) atoms. The maximum absolute atomic E-state index is 12.0. The van der Waals surface area contributed by atoms with E-state index in [4.69, 9.17) is 0 Å². The van der Waals surface area contributed by atoms with Crippen molar-refractivity contribution in [2.24, 2.45) is 0 Å². The summed E-state index contributed by atoms with van der Waals surface area (Å²) in [6.45, 7) is 4.08. The second-order valence-electron chi connectivity index (χ2n) is 7.45. The molecule has 164 valence electrons. The summed E-state index contributed by atoms with van der Waals surface area (Å²) < 4.78 is 28.6. The van der Waals surface area contributed by atoms with E-state index in [9.17, 15) is 18.0 Å². The Labute approximate surface area is 175 Å². The summed E-state index contributed by atoms with van der Waals surface area (Å²) in [4.78, 5) is 23.7. The zero-order valence-corrected chi connectivity index (χ0v) is 18.5. The zero-order valence-electron chi connectivity index (χ0n) is 17.7. The fourth-order valence-corrected chi connectivity index (χ4v) is 3.93. The van der Waals surface area contributed by atoms with Gasteiger partial charge < -0.3 is 9.50 Å². The minimum absolute atomic E-state index is 0.00989. The normalized spacial score (nSPS) is 12.3. The summed E-state index contributed by atoms with van der Waals surface area (Å²) in [5.41, 5.74) is 0. The predicted octanol–water partition coefficient (Wildman–Crippen LogP) is 4.73. The van der Waals surface area contributed by atoms with Gasteiger partial charge in [0.05, 0.1) is 0 Å². The van der Waals surface area contributed by atoms with Crippen LogP contribution in [0.3, 0.4) is 0 Å². The third kappa shape index (κ3) is 11.6. The molecular formula is C22H35NO5S. The van der Waals surface area contributed by atoms with Crippen LogP contribution >= 0.6 is 0 Å². The maximum Gasteiger partial charge on any atom is 0.341 e. The van der Waals surface area contributed by atoms with Crippen molar-refractivity contribution in [2.75, 3.05) is 0 Å². The van der Waals surface area contributed by atoms with Crippen LogP contribution in [-0.2, 0) is 23.9 Å². The highest BCUT2D eigenvalue weighted by Gasteiger charge is 2.19. The second-order valence-corrected chi connectivity index (χ2v) is 9.00. The first-order valence-electron chi connectivity index (χ1n) is 10.7. The molecule has 1 unspecified atom stereocenters. The van der Waals surface area contributed by atoms with Crippen molar-refractivity contribution in [3.05, 3.63) is 30.3 Å². The molecule has 0 saturated carbocycles. The van der Waals surface area contributed by atoms with Crippen LogP contribution < -0.4 is 5.32 Å². The lowest BCUT2D eigenvalue weighted by Gasteiger charge is -2.13. The Kier molecular flexibility index (Phi) is 12.3. The van der Waals surface area contributed by atoms with Crippen molar-refractivity contribution < 1.29 is 22.2 Å². The number of carbonyl (C=O) groups is 2. The Bertz CT molecular complexity index is 703. The summed E-state index contributed by atoms with van der Waals surface area (Å²) in [6.07, 6.45) is 9.73. The van der Waals surface area contributed by atoms with E-state index in [-0.39, 0.29) is 23.3 Å². The molecule has 0 aliphatic carbocycles. The zero-order chi connectivity index (χ0) is 21.5. The lowest BCUT2D eigenvalue weighted by Crippen LogP contribution is -2.32. The Morgan fingerprint density at radius 1 is 0.931 bits per heavy atom. The van der Waals surface area contributed by atoms with Crippen LogP contribution in [-0.4, -0.2) is 26.3 Å². The van der Waals surface area contributed by atoms with E-state index in [0.717, 1.165) is 12.8 Å². The largest absolute Gasteiger partial charge is 0.354 e. The van der Waals surface area contributed by atoms with E-state index >= 15 is 0 Å². The van der Waals surface area contributed by atoms with Gasteiger partial charge in [0.2, 0.25) is 5.91 Å². The number of hydrogen-bond donors (Lipinski definition) is 1. The first kappa shape index (κ1) is 25.1. The highest BCUT2D eigenvalue weighted by molar-refractivity contribution is 7.87. The number of nitrogens with one attached hydrogen (secondary N) is 1. The molecule has 7 heteroatoms. The molecule has 1 N–H and O–H groups in total. The smallest absolute Gasteiger partial charge is 0.341 e. The number of benzene rings is 1. The maximum atomic E-state index is 12.0. The summed E-state index contributed by atoms with van der Waals surface area (Å²) in [5, 5.41) is 2.93. The van der Waals surface area contributed by atoms with Gasteiger partial charge in [-0.15, -0.1) is 0 Å². The van der Waals surface area contributed by atoms with E-state index in [1.165, 1.54) is 44.2 Å². The molecule has 1 aromatic rings. The number of amides is 1. The van der Waals surface area contributed by atoms with Gasteiger partial charge in [-0.25, -0.2) is 0 Å². The molecule has 0 radical (unpaired) electrons. The highest BCUT2D eigenvalue weighted by atomic mass is 32.2. The van der Waals surface area contributed by atoms with Gasteiger partial charge in [-0.05, 0) is 38.3 Å². The molecule has 6 nitrogen and oxygen atoms in total. The predicted molar refractivity (Wildman–Crippen MR) is 114 cm³/mol. The van der Waals surface area contributed by atoms with E-state index in [0.29, 0.717) is 19.3 Å². The van der Waals surface area contributed by atoms with Crippen LogP contribution in [0.1, 0.15) is 84.5 Å². The van der Waals surface area contributed by atoms with Crippen molar-refractivity contribution in [3.63, 3.8) is 0 Å². The average Bonchev–Trinajstić information content (AvgIpc) is 2.67. The molecule has 0 fully saturated rings. The molecule has 0 heterocycles. The van der Waals surface area contributed by atoms with Crippen molar-refractivity contribution in [3.8, 4) is 0 Å². The molecule has 0 saturated heterocycles. The average molecular weight is 426 g/mol. The second kappa shape index (κ2) is 14.1. The first-order chi connectivity index (χ1) is 13.8. The molecule has 1 amide bonds. The topological polar surface area (TPSA) is 89.5 Å². The molecule has 0 aliphatic rings. The number of unbranched alkanes of at least 4 members (excludes halogenated alkanes) is 6. The third-order valence-corrected chi connectivity index (χ3v) is 5.92. The van der Waals surface area contributed by atoms with Gasteiger partial charge in [-0.1, -0.05) is 63.6 Å². The van der Waals surface area contributed by atoms with Gasteiger partial charge in [0.15, 0.2) is 0 Å². The minimum atomic E-state index is -4.07. The van der Waals surface area contributed by atoms with Crippen molar-refractivity contribution in [1.82, 2.24) is 5.32 Å². The van der Waals surface area contributed by atoms with Crippen molar-refractivity contribution in [1.29, 1.82) is 0 Å². The minimum Gasteiger partial charge on any atom is -0.354 e. The van der Waals surface area contributed by atoms with E-state index in [1.54, 1.807) is 18.2 Å². The number of carbonyl (C=O) groups excluding carboxylic acids is 2. The number of hydrogen-bond acceptors (Lipinski definition) is 5. The van der Waals surface area contributed by atoms with Crippen LogP contribution in [0, 0.1) is 0 Å². The summed E-state index contributed by atoms with van der Waals surface area (Å²) in [7, 11) is -4.07. The Hall–Kier alpha value is -1.89. The number of rotatable bonds is 15. The lowest BCUT2D eigenvalue weighted by molar-refractivity contribution is -0.133. The molecule has 0 spiro atoms. The van der Waals surface area contributed by atoms with Crippen LogP contribution in [0.15, 0.2) is 35.2 Å². The van der Waals surface area contributed by atoms with Crippen LogP contribution in [0.4, 0.5) is 0 Å². The molecule has 0 bridgehead atoms. The quantitative estimate of drug-likeness (QED) is 0.324. The SMILES string of the molecule is CCCCCCCCCC(=O)NC(C)CCCC(=O)OS(=O)(=O)c1ccccc1. The van der Waals surface area contributed by atoms with Crippen LogP contribution in [0.2, 0.25) is 0 Å². The van der Waals surface area contributed by atoms with Crippen molar-refractivity contribution >= 4 is 22.0 Å². The summed E-state index contributed by atoms with van der Waals surface area (Å²) >= 11 is 0. The van der Waals surface area contributed by atoms with Crippen molar-refractivity contribution in [2.45, 2.75) is 95.4 Å². The fourth-order valence-electron chi connectivity index (χ4n) is 3.01. The van der Waals surface area contributed by atoms with E-state index in [1.807, 2.05) is 6.92 Å². The Morgan fingerprint density at radius 2 is 1.55 bits per heavy atom. The highest BCUT2D eigenvalue weighted by Crippen LogP contribution is 2.13. The molecule has 1 rings (SSSR count). The molecule has 0 aromatic heterocycles. The van der Waals surface area contributed by atoms with Gasteiger partial charge in [0.1, 0.15) is 4.90 Å². The van der Waals surface area contributed by atoms with Gasteiger partial charge in [0, 0.05) is 18.9 Å². The lowest BCUT2D eigenvalue weighted by atomic mass is 10.1. The monoisotopic (exact) mass is 425 g/mol. The first-order valence-corrected chi connectivity index (χ1v) is 12.1. The third-order valence-electron chi connectivity index (χ3n) is 4.67. The summed E-state index contributed by atoms with van der Waals surface area (Å²) in [5.74, 6) is -0.754. The molecular weight excluding hydrogens is 390 g/mol. The van der Waals surface area contributed by atoms with E-state index in [2.05, 4.69) is 16.4 Å². The fraction of sp³-hybridized carbons (Fsp3) is 0.636. The molecule has 1 atom stereocenters. The Morgan fingerprint density at radius 3 is 2.21 bits per heavy atom. The standard InChI is InChI=1S/C22H35NO5S/c1-3-4-5-6-7-8-12-17-21(24)23-19(2)14-13-18-22(25)28-29(26,27)20-15-10-9-11-16-20/h9-11,15-16,19H,3-8,12-14,17-18H2,1-2H3,(H,23,24). The Balaban J connectivity index is 2.15. The van der Waals surface area contributed by atoms with E-state index < -0.39 is 16.1 Å². The molecule has 0 aliphatic heterocycles. The van der Waals surface area contributed by atoms with Gasteiger partial charge in [-0.2, -0.15) is 8.42 Å². The van der Waals surface area contributed by atoms with Crippen LogP contribution in [0.5, 0.6) is 0 Å². The van der Waals surface area contributed by atoms with Gasteiger partial charge in [-0.3, -0.25) is 9.59 Å². The van der Waals surface area contributed by atoms with Crippen LogP contribution in [0.25, 0.3) is 0 Å². The van der Waals surface area contributed by atoms with Gasteiger partial charge >= 0.3 is 16.1 Å². The van der Waals surface area contributed by atoms with Gasteiger partial charge in [0.25, 0.3) is 0 Å². The summed E-state index contributed by atoms with van der Waals surface area (Å²) in [6, 6.07) is 7.52.